The number of ether oxygens (including phenoxy) is 1. The second kappa shape index (κ2) is 18.6. The van der Waals surface area contributed by atoms with Gasteiger partial charge in [-0.25, -0.2) is 13.6 Å². The van der Waals surface area contributed by atoms with Gasteiger partial charge in [-0.2, -0.15) is 4.98 Å². The van der Waals surface area contributed by atoms with E-state index in [1.54, 1.807) is 22.9 Å². The van der Waals surface area contributed by atoms with Crippen LogP contribution in [0.5, 0.6) is 5.75 Å². The van der Waals surface area contributed by atoms with E-state index in [9.17, 15) is 18.4 Å². The second-order valence-corrected chi connectivity index (χ2v) is 14.7. The van der Waals surface area contributed by atoms with Gasteiger partial charge in [0, 0.05) is 44.3 Å². The average molecular weight is 749 g/mol. The Labute approximate surface area is 315 Å². The van der Waals surface area contributed by atoms with Gasteiger partial charge in [0.15, 0.2) is 34.9 Å². The largest absolute Gasteiger partial charge is 0.450 e. The molecule has 3 aliphatic heterocycles. The Kier molecular flexibility index (Phi) is 13.5. The predicted octanol–water partition coefficient (Wildman–Crippen LogP) is 3.51. The fourth-order valence-electron chi connectivity index (χ4n) is 7.87. The predicted molar refractivity (Wildman–Crippen MR) is 206 cm³/mol. The van der Waals surface area contributed by atoms with Crippen LogP contribution in [0.25, 0.3) is 0 Å². The molecular weight excluding hydrogens is 694 g/mol. The summed E-state index contributed by atoms with van der Waals surface area (Å²) in [5.41, 5.74) is 11.8. The molecular formula is C39H54F2N10O3. The van der Waals surface area contributed by atoms with Crippen molar-refractivity contribution in [2.45, 2.75) is 82.5 Å². The minimum absolute atomic E-state index is 0.0424. The van der Waals surface area contributed by atoms with Gasteiger partial charge in [-0.1, -0.05) is 18.7 Å². The molecule has 0 bridgehead atoms. The van der Waals surface area contributed by atoms with E-state index < -0.39 is 11.6 Å². The molecule has 0 atom stereocenters. The van der Waals surface area contributed by atoms with Gasteiger partial charge in [0.1, 0.15) is 0 Å². The van der Waals surface area contributed by atoms with Crippen LogP contribution in [0.3, 0.4) is 0 Å². The molecule has 2 saturated heterocycles. The molecule has 1 aromatic carbocycles. The maximum atomic E-state index is 14.0. The van der Waals surface area contributed by atoms with E-state index in [2.05, 4.69) is 43.5 Å². The van der Waals surface area contributed by atoms with E-state index in [-0.39, 0.29) is 42.1 Å². The number of aliphatic imine (C=N–C) groups is 1. The van der Waals surface area contributed by atoms with E-state index in [1.165, 1.54) is 6.07 Å². The van der Waals surface area contributed by atoms with Gasteiger partial charge in [0.25, 0.3) is 0 Å². The van der Waals surface area contributed by atoms with Crippen LogP contribution in [0.2, 0.25) is 0 Å². The Hall–Kier alpha value is -4.60. The monoisotopic (exact) mass is 748 g/mol. The van der Waals surface area contributed by atoms with E-state index in [4.69, 9.17) is 16.2 Å². The molecule has 54 heavy (non-hydrogen) atoms. The summed E-state index contributed by atoms with van der Waals surface area (Å²) in [6, 6.07) is 4.58. The molecule has 0 radical (unpaired) electrons. The van der Waals surface area contributed by atoms with Crippen LogP contribution >= 0.6 is 0 Å². The number of halogens is 2. The van der Waals surface area contributed by atoms with Crippen LogP contribution in [0.4, 0.5) is 14.6 Å². The molecule has 4 aliphatic rings. The quantitative estimate of drug-likeness (QED) is 0.110. The number of carbonyl (C=O) groups is 1. The van der Waals surface area contributed by atoms with Crippen molar-refractivity contribution in [1.29, 1.82) is 0 Å². The lowest BCUT2D eigenvalue weighted by Crippen LogP contribution is -2.49. The average Bonchev–Trinajstić information content (AvgIpc) is 3.18. The van der Waals surface area contributed by atoms with Crippen molar-refractivity contribution >= 4 is 17.7 Å². The fourth-order valence-corrected chi connectivity index (χ4v) is 7.87. The van der Waals surface area contributed by atoms with Crippen molar-refractivity contribution < 1.29 is 18.3 Å². The Morgan fingerprint density at radius 2 is 1.85 bits per heavy atom. The first-order valence-electron chi connectivity index (χ1n) is 19.2. The Balaban J connectivity index is 1.00. The molecule has 1 saturated carbocycles. The summed E-state index contributed by atoms with van der Waals surface area (Å²) in [7, 11) is 0. The van der Waals surface area contributed by atoms with Crippen molar-refractivity contribution in [3.63, 3.8) is 0 Å². The number of benzene rings is 1. The first kappa shape index (κ1) is 39.1. The van der Waals surface area contributed by atoms with Crippen LogP contribution in [0.15, 0.2) is 70.4 Å². The number of guanidine groups is 1. The smallest absolute Gasteiger partial charge is 0.350 e. The zero-order valence-electron chi connectivity index (χ0n) is 31.0. The van der Waals surface area contributed by atoms with Gasteiger partial charge >= 0.3 is 5.69 Å². The molecule has 15 heteroatoms. The first-order valence-corrected chi connectivity index (χ1v) is 19.2. The minimum atomic E-state index is -0.874. The first-order chi connectivity index (χ1) is 26.2. The molecule has 2 aromatic rings. The number of amides is 1. The van der Waals surface area contributed by atoms with Crippen molar-refractivity contribution in [1.82, 2.24) is 30.0 Å². The topological polar surface area (TPSA) is 168 Å². The number of allylic oxidation sites excluding steroid dienone is 3. The number of aromatic nitrogens is 2. The lowest BCUT2D eigenvalue weighted by Gasteiger charge is -2.37. The number of hydrogen-bond donors (Lipinski definition) is 5. The Morgan fingerprint density at radius 3 is 2.56 bits per heavy atom. The zero-order valence-corrected chi connectivity index (χ0v) is 31.0. The summed E-state index contributed by atoms with van der Waals surface area (Å²) in [6.45, 7) is 8.97. The van der Waals surface area contributed by atoms with E-state index in [0.717, 1.165) is 83.5 Å². The van der Waals surface area contributed by atoms with Gasteiger partial charge in [-0.15, -0.1) is 0 Å². The number of rotatable bonds is 14. The third-order valence-corrected chi connectivity index (χ3v) is 11.0. The molecule has 1 amide bonds. The van der Waals surface area contributed by atoms with Gasteiger partial charge in [0.05, 0.1) is 18.4 Å². The van der Waals surface area contributed by atoms with E-state index >= 15 is 0 Å². The van der Waals surface area contributed by atoms with Crippen LogP contribution in [0, 0.1) is 17.6 Å². The van der Waals surface area contributed by atoms with Crippen molar-refractivity contribution in [2.24, 2.45) is 22.4 Å². The second-order valence-electron chi connectivity index (χ2n) is 14.7. The third kappa shape index (κ3) is 10.3. The normalized spacial score (nSPS) is 21.1. The Bertz CT molecular complexity index is 1770. The summed E-state index contributed by atoms with van der Waals surface area (Å²) < 4.78 is 35.5. The zero-order chi connectivity index (χ0) is 38.0. The number of likely N-dealkylation sites (tertiary alicyclic amines) is 1. The van der Waals surface area contributed by atoms with Crippen LogP contribution in [-0.4, -0.2) is 89.1 Å². The SMILES string of the molecule is C=CC1=C(/C=C/C2CCN(C(=O)CN(Cc3ccc(F)c(F)c3)C3CCNCC3)CC2)Nc2nc(=O)n(C3CCC(NCCCN=C(N)N)CC3)cc2O1. The number of hydrogen-bond acceptors (Lipinski definition) is 9. The molecule has 1 aliphatic carbocycles. The van der Waals surface area contributed by atoms with Gasteiger partial charge < -0.3 is 37.1 Å². The number of nitrogens with one attached hydrogen (secondary N) is 3. The molecule has 292 valence electrons. The highest BCUT2D eigenvalue weighted by Gasteiger charge is 2.29. The van der Waals surface area contributed by atoms with E-state index in [0.29, 0.717) is 60.8 Å². The van der Waals surface area contributed by atoms with Crippen LogP contribution < -0.4 is 37.8 Å². The summed E-state index contributed by atoms with van der Waals surface area (Å²) in [5, 5.41) is 10.2. The molecule has 13 nitrogen and oxygen atoms in total. The van der Waals surface area contributed by atoms with Crippen LogP contribution in [0.1, 0.15) is 69.4 Å². The molecule has 7 N–H and O–H groups in total. The third-order valence-electron chi connectivity index (χ3n) is 11.0. The fraction of sp³-hybridized carbons (Fsp3) is 0.538. The summed E-state index contributed by atoms with van der Waals surface area (Å²) in [6.07, 6.45) is 15.3. The minimum Gasteiger partial charge on any atom is -0.450 e. The number of carbonyl (C=O) groups excluding carboxylic acids is 1. The maximum Gasteiger partial charge on any atom is 0.350 e. The van der Waals surface area contributed by atoms with Crippen molar-refractivity contribution in [3.8, 4) is 5.75 Å². The van der Waals surface area contributed by atoms with Gasteiger partial charge in [-0.3, -0.25) is 19.3 Å². The molecule has 1 aromatic heterocycles. The molecule has 0 unspecified atom stereocenters. The van der Waals surface area contributed by atoms with Gasteiger partial charge in [-0.05, 0) is 113 Å². The lowest BCUT2D eigenvalue weighted by atomic mass is 9.91. The lowest BCUT2D eigenvalue weighted by molar-refractivity contribution is -0.134. The van der Waals surface area contributed by atoms with E-state index in [1.807, 2.05) is 11.0 Å². The molecule has 4 heterocycles. The highest BCUT2D eigenvalue weighted by molar-refractivity contribution is 5.78. The standard InChI is InChI=1S/C39H54F2N10O3/c1-2-34-33(47-37-35(54-34)24-51(39(53)48-37)30-8-6-28(7-9-30)45-16-3-17-46-38(42)43)11-5-26-14-20-49(21-15-26)36(52)25-50(29-12-18-44-19-13-29)23-27-4-10-31(40)32(41)22-27/h2,4-5,10-11,22,24,26,28-30,44-45H,1,3,6-9,12-21,23,25H2,(H4,42,43,46)(H,47,48,53)/b11-5+. The maximum absolute atomic E-state index is 14.0. The summed E-state index contributed by atoms with van der Waals surface area (Å²) in [4.78, 5) is 39.1. The van der Waals surface area contributed by atoms with Gasteiger partial charge in [0.2, 0.25) is 5.91 Å². The van der Waals surface area contributed by atoms with Crippen LogP contribution in [-0.2, 0) is 11.3 Å². The Morgan fingerprint density at radius 1 is 1.09 bits per heavy atom. The number of nitrogens with zero attached hydrogens (tertiary/aromatic N) is 5. The number of piperidine rings is 2. The van der Waals surface area contributed by atoms with Crippen molar-refractivity contribution in [2.75, 3.05) is 51.1 Å². The molecule has 6 rings (SSSR count). The van der Waals surface area contributed by atoms with Crippen molar-refractivity contribution in [3.05, 3.63) is 88.3 Å². The number of fused-ring (bicyclic) bond motifs is 1. The molecule has 3 fully saturated rings. The molecule has 0 spiro atoms. The highest BCUT2D eigenvalue weighted by Crippen LogP contribution is 2.34. The summed E-state index contributed by atoms with van der Waals surface area (Å²) >= 11 is 0. The number of anilines is 1. The summed E-state index contributed by atoms with van der Waals surface area (Å²) in [5.74, 6) is 0.0547. The number of nitrogens with two attached hydrogens (primary N) is 2. The highest BCUT2D eigenvalue weighted by atomic mass is 19.2.